The van der Waals surface area contributed by atoms with Gasteiger partial charge in [-0.3, -0.25) is 19.7 Å². The van der Waals surface area contributed by atoms with Gasteiger partial charge < -0.3 is 19.5 Å². The number of likely N-dealkylation sites (N-methyl/N-ethyl adjacent to an activating group) is 1. The number of aryl methyl sites for hydroxylation is 1. The van der Waals surface area contributed by atoms with Crippen molar-refractivity contribution in [3.63, 3.8) is 0 Å². The van der Waals surface area contributed by atoms with Gasteiger partial charge in [0.15, 0.2) is 0 Å². The number of aliphatic carboxylic acids is 1. The predicted octanol–water partition coefficient (Wildman–Crippen LogP) is 0.0217. The van der Waals surface area contributed by atoms with E-state index in [4.69, 9.17) is 5.11 Å². The van der Waals surface area contributed by atoms with E-state index < -0.39 is 23.3 Å². The van der Waals surface area contributed by atoms with Gasteiger partial charge in [-0.05, 0) is 14.1 Å². The minimum absolute atomic E-state index is 0.0849. The van der Waals surface area contributed by atoms with Crippen LogP contribution in [0.3, 0.4) is 0 Å². The lowest BCUT2D eigenvalue weighted by Gasteiger charge is -2.22. The smallest absolute Gasteiger partial charge is 0.323 e. The summed E-state index contributed by atoms with van der Waals surface area (Å²) in [4.78, 5) is 36.3. The summed E-state index contributed by atoms with van der Waals surface area (Å²) in [5.74, 6) is -1.68. The third kappa shape index (κ3) is 4.56. The third-order valence-corrected chi connectivity index (χ3v) is 2.85. The number of carboxylic acids is 1. The molecular formula is C12H18N4O5. The summed E-state index contributed by atoms with van der Waals surface area (Å²) in [6, 6.07) is 1.15. The van der Waals surface area contributed by atoms with Crippen LogP contribution in [-0.4, -0.2) is 70.0 Å². The van der Waals surface area contributed by atoms with Crippen molar-refractivity contribution >= 4 is 17.6 Å². The molecule has 9 heteroatoms. The van der Waals surface area contributed by atoms with Gasteiger partial charge in [-0.15, -0.1) is 0 Å². The Morgan fingerprint density at radius 1 is 1.38 bits per heavy atom. The number of hydrogen-bond acceptors (Lipinski definition) is 5. The number of nitro groups is 1. The zero-order chi connectivity index (χ0) is 16.2. The molecule has 0 aromatic carbocycles. The fraction of sp³-hybridized carbons (Fsp3) is 0.500. The maximum atomic E-state index is 12.4. The van der Waals surface area contributed by atoms with Crippen LogP contribution in [0.2, 0.25) is 0 Å². The molecule has 0 fully saturated rings. The van der Waals surface area contributed by atoms with Gasteiger partial charge in [0.05, 0.1) is 11.1 Å². The Labute approximate surface area is 121 Å². The molecule has 0 spiro atoms. The Morgan fingerprint density at radius 2 is 2.00 bits per heavy atom. The molecule has 0 saturated heterocycles. The Hall–Kier alpha value is -2.42. The summed E-state index contributed by atoms with van der Waals surface area (Å²) < 4.78 is 1.32. The standard InChI is InChI=1S/C12H18N4O5/c1-13(2)4-5-15(8-11(17)18)12(19)10-6-9(16(20)21)7-14(10)3/h6-7H,4-5,8H2,1-3H3,(H,17,18). The molecule has 9 nitrogen and oxygen atoms in total. The van der Waals surface area contributed by atoms with E-state index in [-0.39, 0.29) is 17.9 Å². The summed E-state index contributed by atoms with van der Waals surface area (Å²) in [5.41, 5.74) is -0.120. The first-order valence-electron chi connectivity index (χ1n) is 6.19. The Morgan fingerprint density at radius 3 is 2.43 bits per heavy atom. The van der Waals surface area contributed by atoms with Gasteiger partial charge >= 0.3 is 5.97 Å². The number of amides is 1. The van der Waals surface area contributed by atoms with Crippen molar-refractivity contribution in [2.45, 2.75) is 0 Å². The molecule has 1 heterocycles. The average molecular weight is 298 g/mol. The van der Waals surface area contributed by atoms with Crippen molar-refractivity contribution in [1.29, 1.82) is 0 Å². The quantitative estimate of drug-likeness (QED) is 0.561. The van der Waals surface area contributed by atoms with E-state index >= 15 is 0 Å². The Kier molecular flexibility index (Phi) is 5.42. The summed E-state index contributed by atoms with van der Waals surface area (Å²) in [6.45, 7) is 0.258. The molecule has 21 heavy (non-hydrogen) atoms. The molecule has 116 valence electrons. The molecule has 0 radical (unpaired) electrons. The molecule has 0 saturated carbocycles. The molecule has 1 amide bonds. The summed E-state index contributed by atoms with van der Waals surface area (Å²) in [6.07, 6.45) is 1.22. The lowest BCUT2D eigenvalue weighted by Crippen LogP contribution is -2.40. The number of carbonyl (C=O) groups excluding carboxylic acids is 1. The average Bonchev–Trinajstić information content (AvgIpc) is 2.75. The minimum atomic E-state index is -1.13. The Bertz CT molecular complexity index is 552. The monoisotopic (exact) mass is 298 g/mol. The van der Waals surface area contributed by atoms with Crippen LogP contribution in [-0.2, 0) is 11.8 Å². The van der Waals surface area contributed by atoms with Crippen LogP contribution in [0, 0.1) is 10.1 Å². The molecule has 0 aliphatic rings. The Balaban J connectivity index is 2.98. The molecule has 1 aromatic rings. The van der Waals surface area contributed by atoms with E-state index in [2.05, 4.69) is 0 Å². The second-order valence-electron chi connectivity index (χ2n) is 4.88. The molecule has 0 aliphatic heterocycles. The molecule has 1 aromatic heterocycles. The van der Waals surface area contributed by atoms with Crippen molar-refractivity contribution in [3.05, 3.63) is 28.1 Å². The first kappa shape index (κ1) is 16.6. The van der Waals surface area contributed by atoms with Crippen LogP contribution < -0.4 is 0 Å². The van der Waals surface area contributed by atoms with Crippen LogP contribution in [0.1, 0.15) is 10.5 Å². The number of carbonyl (C=O) groups is 2. The van der Waals surface area contributed by atoms with Gasteiger partial charge in [0.2, 0.25) is 0 Å². The van der Waals surface area contributed by atoms with Crippen molar-refractivity contribution < 1.29 is 19.6 Å². The summed E-state index contributed by atoms with van der Waals surface area (Å²) in [5, 5.41) is 19.6. The van der Waals surface area contributed by atoms with E-state index in [1.165, 1.54) is 17.8 Å². The van der Waals surface area contributed by atoms with Gasteiger partial charge in [0.25, 0.3) is 11.6 Å². The van der Waals surface area contributed by atoms with Gasteiger partial charge in [-0.2, -0.15) is 0 Å². The number of aromatic nitrogens is 1. The zero-order valence-electron chi connectivity index (χ0n) is 12.1. The summed E-state index contributed by atoms with van der Waals surface area (Å²) in [7, 11) is 5.11. The van der Waals surface area contributed by atoms with Crippen molar-refractivity contribution in [1.82, 2.24) is 14.4 Å². The zero-order valence-corrected chi connectivity index (χ0v) is 12.1. The van der Waals surface area contributed by atoms with Gasteiger partial charge in [0.1, 0.15) is 12.2 Å². The van der Waals surface area contributed by atoms with Crippen molar-refractivity contribution in [3.8, 4) is 0 Å². The molecule has 0 atom stereocenters. The lowest BCUT2D eigenvalue weighted by atomic mass is 10.3. The fourth-order valence-electron chi connectivity index (χ4n) is 1.76. The van der Waals surface area contributed by atoms with E-state index in [1.54, 1.807) is 14.1 Å². The van der Waals surface area contributed by atoms with Crippen molar-refractivity contribution in [2.24, 2.45) is 7.05 Å². The van der Waals surface area contributed by atoms with E-state index in [9.17, 15) is 19.7 Å². The second kappa shape index (κ2) is 6.84. The van der Waals surface area contributed by atoms with E-state index in [0.29, 0.717) is 6.54 Å². The molecule has 0 bridgehead atoms. The van der Waals surface area contributed by atoms with Crippen LogP contribution >= 0.6 is 0 Å². The molecule has 1 N–H and O–H groups in total. The van der Waals surface area contributed by atoms with Crippen LogP contribution in [0.4, 0.5) is 5.69 Å². The van der Waals surface area contributed by atoms with Crippen LogP contribution in [0.15, 0.2) is 12.3 Å². The molecule has 0 aliphatic carbocycles. The van der Waals surface area contributed by atoms with Crippen molar-refractivity contribution in [2.75, 3.05) is 33.7 Å². The third-order valence-electron chi connectivity index (χ3n) is 2.85. The largest absolute Gasteiger partial charge is 0.480 e. The molecular weight excluding hydrogens is 280 g/mol. The number of carboxylic acid groups (broad SMARTS) is 1. The first-order valence-corrected chi connectivity index (χ1v) is 6.19. The number of rotatable bonds is 7. The first-order chi connectivity index (χ1) is 9.72. The summed E-state index contributed by atoms with van der Waals surface area (Å²) >= 11 is 0. The van der Waals surface area contributed by atoms with Gasteiger partial charge in [-0.1, -0.05) is 0 Å². The second-order valence-corrected chi connectivity index (χ2v) is 4.88. The highest BCUT2D eigenvalue weighted by atomic mass is 16.6. The SMILES string of the molecule is CN(C)CCN(CC(=O)O)C(=O)c1cc([N+](=O)[O-])cn1C. The highest BCUT2D eigenvalue weighted by Crippen LogP contribution is 2.16. The minimum Gasteiger partial charge on any atom is -0.480 e. The normalized spacial score (nSPS) is 10.7. The fourth-order valence-corrected chi connectivity index (χ4v) is 1.76. The predicted molar refractivity (Wildman–Crippen MR) is 74.2 cm³/mol. The topological polar surface area (TPSA) is 109 Å². The maximum Gasteiger partial charge on any atom is 0.323 e. The highest BCUT2D eigenvalue weighted by Gasteiger charge is 2.24. The van der Waals surface area contributed by atoms with Gasteiger partial charge in [-0.25, -0.2) is 0 Å². The van der Waals surface area contributed by atoms with Gasteiger partial charge in [0, 0.05) is 26.2 Å². The lowest BCUT2D eigenvalue weighted by molar-refractivity contribution is -0.384. The molecule has 1 rings (SSSR count). The number of hydrogen-bond donors (Lipinski definition) is 1. The van der Waals surface area contributed by atoms with E-state index in [1.807, 2.05) is 4.90 Å². The molecule has 0 unspecified atom stereocenters. The van der Waals surface area contributed by atoms with Crippen LogP contribution in [0.25, 0.3) is 0 Å². The van der Waals surface area contributed by atoms with Crippen LogP contribution in [0.5, 0.6) is 0 Å². The number of nitrogens with zero attached hydrogens (tertiary/aromatic N) is 4. The maximum absolute atomic E-state index is 12.4. The highest BCUT2D eigenvalue weighted by molar-refractivity contribution is 5.95. The van der Waals surface area contributed by atoms with E-state index in [0.717, 1.165) is 11.0 Å².